The predicted octanol–water partition coefficient (Wildman–Crippen LogP) is 6.29. The van der Waals surface area contributed by atoms with E-state index in [-0.39, 0.29) is 28.3 Å². The zero-order valence-corrected chi connectivity index (χ0v) is 27.0. The van der Waals surface area contributed by atoms with Gasteiger partial charge >= 0.3 is 6.09 Å². The molecule has 4 rings (SSSR count). The zero-order chi connectivity index (χ0) is 33.8. The molecule has 2 N–H and O–H groups in total. The molecule has 0 saturated carbocycles. The van der Waals surface area contributed by atoms with E-state index in [1.807, 2.05) is 0 Å². The van der Waals surface area contributed by atoms with Crippen LogP contribution in [0.3, 0.4) is 0 Å². The van der Waals surface area contributed by atoms with Crippen LogP contribution in [0.25, 0.3) is 0 Å². The van der Waals surface area contributed by atoms with Crippen LogP contribution in [0.2, 0.25) is 0 Å². The van der Waals surface area contributed by atoms with Gasteiger partial charge in [-0.05, 0) is 88.1 Å². The van der Waals surface area contributed by atoms with Gasteiger partial charge in [-0.1, -0.05) is 23.9 Å². The molecule has 1 fully saturated rings. The minimum Gasteiger partial charge on any atom is -0.484 e. The Labute approximate surface area is 269 Å². The molecule has 242 valence electrons. The molecule has 0 aromatic heterocycles. The summed E-state index contributed by atoms with van der Waals surface area (Å²) in [4.78, 5) is 60.9. The number of nitro groups is 1. The van der Waals surface area contributed by atoms with Crippen molar-refractivity contribution in [2.75, 3.05) is 23.9 Å². The summed E-state index contributed by atoms with van der Waals surface area (Å²) in [5.41, 5.74) is 1.84. The van der Waals surface area contributed by atoms with Crippen LogP contribution < -0.4 is 25.0 Å². The third-order valence-electron chi connectivity index (χ3n) is 6.72. The molecule has 3 aromatic rings. The fraction of sp³-hybridized carbons (Fsp3) is 0.312. The minimum atomic E-state index is -0.658. The largest absolute Gasteiger partial charge is 0.484 e. The molecule has 0 aliphatic carbocycles. The lowest BCUT2D eigenvalue weighted by Gasteiger charge is -2.21. The first-order chi connectivity index (χ1) is 21.6. The van der Waals surface area contributed by atoms with E-state index in [2.05, 4.69) is 10.6 Å². The van der Waals surface area contributed by atoms with E-state index in [0.29, 0.717) is 34.7 Å². The highest BCUT2D eigenvalue weighted by Gasteiger charge is 2.31. The van der Waals surface area contributed by atoms with E-state index < -0.39 is 34.4 Å². The number of amides is 4. The molecule has 1 saturated heterocycles. The number of nitrogens with one attached hydrogen (secondary N) is 2. The maximum Gasteiger partial charge on any atom is 0.412 e. The average Bonchev–Trinajstić information content (AvgIpc) is 3.28. The van der Waals surface area contributed by atoms with E-state index in [9.17, 15) is 29.3 Å². The molecule has 0 bridgehead atoms. The second-order valence-electron chi connectivity index (χ2n) is 11.5. The number of hydrogen-bond acceptors (Lipinski definition) is 10. The molecule has 1 atom stereocenters. The van der Waals surface area contributed by atoms with Crippen molar-refractivity contribution in [2.24, 2.45) is 0 Å². The molecular formula is C32H34N4O9S. The molecule has 1 heterocycles. The maximum absolute atomic E-state index is 13.0. The highest BCUT2D eigenvalue weighted by atomic mass is 32.2. The monoisotopic (exact) mass is 650 g/mol. The Hall–Kier alpha value is -5.11. The smallest absolute Gasteiger partial charge is 0.412 e. The number of benzene rings is 3. The first-order valence-corrected chi connectivity index (χ1v) is 15.0. The Bertz CT molecular complexity index is 1660. The second-order valence-corrected chi connectivity index (χ2v) is 12.7. The molecule has 1 aliphatic rings. The van der Waals surface area contributed by atoms with Crippen molar-refractivity contribution in [2.45, 2.75) is 51.9 Å². The summed E-state index contributed by atoms with van der Waals surface area (Å²) in [6.45, 7) is 8.49. The first-order valence-electron chi connectivity index (χ1n) is 14.2. The maximum atomic E-state index is 13.0. The number of rotatable bonds is 10. The molecule has 0 radical (unpaired) electrons. The molecule has 14 heteroatoms. The van der Waals surface area contributed by atoms with Crippen molar-refractivity contribution >= 4 is 52.0 Å². The Kier molecular flexibility index (Phi) is 10.2. The highest BCUT2D eigenvalue weighted by molar-refractivity contribution is 8.15. The number of carbonyl (C=O) groups excluding carboxylic acids is 4. The number of anilines is 2. The van der Waals surface area contributed by atoms with Crippen molar-refractivity contribution in [3.8, 4) is 17.2 Å². The molecule has 46 heavy (non-hydrogen) atoms. The van der Waals surface area contributed by atoms with E-state index in [1.54, 1.807) is 71.0 Å². The third kappa shape index (κ3) is 8.75. The molecule has 3 aromatic carbocycles. The summed E-state index contributed by atoms with van der Waals surface area (Å²) in [6.07, 6.45) is -0.229. The van der Waals surface area contributed by atoms with Gasteiger partial charge in [0, 0.05) is 19.2 Å². The van der Waals surface area contributed by atoms with Crippen molar-refractivity contribution in [1.29, 1.82) is 0 Å². The van der Waals surface area contributed by atoms with Gasteiger partial charge in [-0.15, -0.1) is 0 Å². The van der Waals surface area contributed by atoms with Gasteiger partial charge in [0.2, 0.25) is 5.91 Å². The first kappa shape index (κ1) is 33.8. The van der Waals surface area contributed by atoms with Gasteiger partial charge < -0.3 is 19.1 Å². The van der Waals surface area contributed by atoms with Gasteiger partial charge in [0.25, 0.3) is 16.8 Å². The number of aryl methyl sites for hydroxylation is 2. The minimum absolute atomic E-state index is 0.00462. The summed E-state index contributed by atoms with van der Waals surface area (Å²) in [6, 6.07) is 14.2. The molecule has 1 unspecified atom stereocenters. The summed E-state index contributed by atoms with van der Waals surface area (Å²) in [5.74, 6) is 0.171. The van der Waals surface area contributed by atoms with Crippen LogP contribution in [0, 0.1) is 24.0 Å². The van der Waals surface area contributed by atoms with Gasteiger partial charge in [-0.25, -0.2) is 4.79 Å². The van der Waals surface area contributed by atoms with Crippen LogP contribution in [0.1, 0.15) is 37.5 Å². The molecule has 13 nitrogen and oxygen atoms in total. The zero-order valence-electron chi connectivity index (χ0n) is 26.2. The number of nitro benzene ring substituents is 1. The average molecular weight is 651 g/mol. The number of nitrogens with zero attached hydrogens (tertiary/aromatic N) is 2. The summed E-state index contributed by atoms with van der Waals surface area (Å²) < 4.78 is 17.0. The van der Waals surface area contributed by atoms with Gasteiger partial charge in [0.1, 0.15) is 28.5 Å². The van der Waals surface area contributed by atoms with Crippen LogP contribution in [-0.2, 0) is 20.7 Å². The quantitative estimate of drug-likeness (QED) is 0.188. The van der Waals surface area contributed by atoms with Crippen LogP contribution in [0.5, 0.6) is 17.2 Å². The van der Waals surface area contributed by atoms with Crippen molar-refractivity contribution in [1.82, 2.24) is 5.32 Å². The number of imide groups is 1. The van der Waals surface area contributed by atoms with Gasteiger partial charge in [0.05, 0.1) is 15.9 Å². The van der Waals surface area contributed by atoms with Gasteiger partial charge in [-0.2, -0.15) is 0 Å². The highest BCUT2D eigenvalue weighted by Crippen LogP contribution is 2.35. The summed E-state index contributed by atoms with van der Waals surface area (Å²) in [5, 5.41) is 15.9. The third-order valence-corrected chi connectivity index (χ3v) is 7.70. The van der Waals surface area contributed by atoms with E-state index in [1.165, 1.54) is 25.2 Å². The van der Waals surface area contributed by atoms with E-state index in [0.717, 1.165) is 22.2 Å². The van der Waals surface area contributed by atoms with E-state index in [4.69, 9.17) is 14.2 Å². The SMILES string of the molecule is Cc1cc(Oc2ccc([N+](=O)[O-])c(N(C)C(=O)COc3ccc(CC4SC(=O)NC4=O)cc3)c2)cc(C)c1NC(=O)OC(C)(C)C. The molecule has 4 amide bonds. The lowest BCUT2D eigenvalue weighted by Crippen LogP contribution is -2.31. The fourth-order valence-corrected chi connectivity index (χ4v) is 5.41. The lowest BCUT2D eigenvalue weighted by atomic mass is 10.1. The standard InChI is InChI=1S/C32H34N4O9S/c1-18-13-23(14-19(2)28(18)33-30(39)45-32(3,4)5)44-22-11-12-24(36(41)42)25(16-22)35(6)27(37)17-43-21-9-7-20(8-10-21)15-26-29(38)34-31(40)46-26/h7-14,16,26H,15,17H2,1-6H3,(H,33,39)(H,34,38,40). The Balaban J connectivity index is 1.43. The molecule has 0 spiro atoms. The van der Waals surface area contributed by atoms with Crippen LogP contribution in [0.15, 0.2) is 54.6 Å². The van der Waals surface area contributed by atoms with Crippen molar-refractivity contribution in [3.05, 3.63) is 81.4 Å². The van der Waals surface area contributed by atoms with E-state index >= 15 is 0 Å². The van der Waals surface area contributed by atoms with Crippen LogP contribution in [0.4, 0.5) is 26.7 Å². The Morgan fingerprint density at radius 1 is 1.00 bits per heavy atom. The Morgan fingerprint density at radius 2 is 1.63 bits per heavy atom. The lowest BCUT2D eigenvalue weighted by molar-refractivity contribution is -0.384. The normalized spacial score (nSPS) is 14.3. The summed E-state index contributed by atoms with van der Waals surface area (Å²) in [7, 11) is 1.40. The molecule has 1 aliphatic heterocycles. The van der Waals surface area contributed by atoms with Gasteiger partial charge in [0.15, 0.2) is 6.61 Å². The van der Waals surface area contributed by atoms with Crippen LogP contribution in [-0.4, -0.2) is 52.6 Å². The Morgan fingerprint density at radius 3 is 2.20 bits per heavy atom. The number of likely N-dealkylation sites (N-methyl/N-ethyl adjacent to an activating group) is 1. The summed E-state index contributed by atoms with van der Waals surface area (Å²) >= 11 is 0.941. The number of hydrogen-bond donors (Lipinski definition) is 2. The fourth-order valence-electron chi connectivity index (χ4n) is 4.55. The number of ether oxygens (including phenoxy) is 3. The van der Waals surface area contributed by atoms with Crippen molar-refractivity contribution in [3.63, 3.8) is 0 Å². The van der Waals surface area contributed by atoms with Crippen LogP contribution >= 0.6 is 11.8 Å². The number of carbonyl (C=O) groups is 4. The van der Waals surface area contributed by atoms with Gasteiger partial charge in [-0.3, -0.25) is 35.1 Å². The number of thioether (sulfide) groups is 1. The predicted molar refractivity (Wildman–Crippen MR) is 173 cm³/mol. The molecular weight excluding hydrogens is 616 g/mol. The van der Waals surface area contributed by atoms with Crippen molar-refractivity contribution < 1.29 is 38.3 Å². The second kappa shape index (κ2) is 13.9. The topological polar surface area (TPSA) is 166 Å².